The van der Waals surface area contributed by atoms with Crippen LogP contribution in [0.5, 0.6) is 0 Å². The van der Waals surface area contributed by atoms with Crippen LogP contribution in [-0.2, 0) is 6.54 Å². The van der Waals surface area contributed by atoms with E-state index in [1.807, 2.05) is 31.2 Å². The summed E-state index contributed by atoms with van der Waals surface area (Å²) in [4.78, 5) is 18.1. The Hall–Kier alpha value is -1.86. The third-order valence-electron chi connectivity index (χ3n) is 4.89. The molecule has 7 heteroatoms. The first-order valence-corrected chi connectivity index (χ1v) is 12.7. The van der Waals surface area contributed by atoms with E-state index in [1.165, 1.54) is 4.90 Å². The third kappa shape index (κ3) is 7.65. The summed E-state index contributed by atoms with van der Waals surface area (Å²) in [5.74, 6) is -2.58. The van der Waals surface area contributed by atoms with E-state index in [1.54, 1.807) is 53.6 Å². The molecule has 31 heavy (non-hydrogen) atoms. The Labute approximate surface area is 191 Å². The van der Waals surface area contributed by atoms with Gasteiger partial charge < -0.3 is 5.32 Å². The Morgan fingerprint density at radius 1 is 1.16 bits per heavy atom. The number of amides is 1. The predicted molar refractivity (Wildman–Crippen MR) is 130 cm³/mol. The molecule has 0 saturated carbocycles. The van der Waals surface area contributed by atoms with Crippen molar-refractivity contribution >= 4 is 38.9 Å². The highest BCUT2D eigenvalue weighted by Crippen LogP contribution is 2.31. The number of hydrogen-bond donors (Lipinski definition) is 1. The molecule has 2 aromatic rings. The van der Waals surface area contributed by atoms with Crippen molar-refractivity contribution in [3.05, 3.63) is 59.2 Å². The molecule has 0 aliphatic rings. The van der Waals surface area contributed by atoms with Crippen LogP contribution in [-0.4, -0.2) is 23.3 Å². The molecule has 0 saturated heterocycles. The number of alkyl halides is 2. The minimum absolute atomic E-state index is 0.158. The number of aliphatic imine (C=N–C) groups is 1. The number of rotatable bonds is 10. The van der Waals surface area contributed by atoms with Crippen LogP contribution in [0.4, 0.5) is 14.5 Å². The molecule has 0 fully saturated rings. The van der Waals surface area contributed by atoms with Gasteiger partial charge in [-0.05, 0) is 48.7 Å². The van der Waals surface area contributed by atoms with Gasteiger partial charge in [-0.15, -0.1) is 0 Å². The molecule has 0 aliphatic heterocycles. The average molecular weight is 465 g/mol. The predicted octanol–water partition coefficient (Wildman–Crippen LogP) is 7.46. The average Bonchev–Trinajstić information content (AvgIpc) is 2.74. The normalized spacial score (nSPS) is 13.2. The fourth-order valence-corrected chi connectivity index (χ4v) is 4.51. The molecule has 1 N–H and O–H groups in total. The van der Waals surface area contributed by atoms with Crippen molar-refractivity contribution in [3.63, 3.8) is 0 Å². The van der Waals surface area contributed by atoms with E-state index in [-0.39, 0.29) is 17.5 Å². The largest absolute Gasteiger partial charge is 0.348 e. The monoisotopic (exact) mass is 464 g/mol. The number of halogens is 2. The Morgan fingerprint density at radius 2 is 1.84 bits per heavy atom. The van der Waals surface area contributed by atoms with Gasteiger partial charge in [0.15, 0.2) is 0 Å². The van der Waals surface area contributed by atoms with Crippen molar-refractivity contribution in [2.75, 3.05) is 5.75 Å². The topological polar surface area (TPSA) is 41.5 Å². The van der Waals surface area contributed by atoms with Crippen LogP contribution in [0.2, 0.25) is 0 Å². The number of aryl methyl sites for hydroxylation is 1. The Morgan fingerprint density at radius 3 is 2.42 bits per heavy atom. The fourth-order valence-electron chi connectivity index (χ4n) is 2.91. The van der Waals surface area contributed by atoms with Gasteiger partial charge >= 0.3 is 0 Å². The van der Waals surface area contributed by atoms with E-state index < -0.39 is 5.92 Å². The standard InChI is InChI=1S/C24H30F2N2OS2/c1-6-16(3)22(24(5,25)26)28-21-14-19(11-8-17(21)4)23(29)27-15-18-9-12-20(13-10-18)31-30-7-2/h8-14,16H,6-7,15H2,1-5H3,(H,27,29)/b28-22+. The fraction of sp³-hybridized carbons (Fsp3) is 0.417. The molecule has 2 aromatic carbocycles. The van der Waals surface area contributed by atoms with Crippen LogP contribution in [0.15, 0.2) is 52.4 Å². The minimum atomic E-state index is -3.01. The summed E-state index contributed by atoms with van der Waals surface area (Å²) in [6.07, 6.45) is 0.565. The van der Waals surface area contributed by atoms with E-state index in [9.17, 15) is 13.6 Å². The maximum atomic E-state index is 14.1. The van der Waals surface area contributed by atoms with E-state index in [0.29, 0.717) is 24.2 Å². The van der Waals surface area contributed by atoms with Crippen LogP contribution < -0.4 is 5.32 Å². The summed E-state index contributed by atoms with van der Waals surface area (Å²) in [5, 5.41) is 2.89. The van der Waals surface area contributed by atoms with Crippen molar-refractivity contribution in [1.29, 1.82) is 0 Å². The first-order valence-electron chi connectivity index (χ1n) is 10.4. The van der Waals surface area contributed by atoms with Crippen molar-refractivity contribution in [2.24, 2.45) is 10.9 Å². The highest BCUT2D eigenvalue weighted by atomic mass is 33.1. The number of benzene rings is 2. The Balaban J connectivity index is 2.15. The van der Waals surface area contributed by atoms with Crippen molar-refractivity contribution in [1.82, 2.24) is 5.32 Å². The first-order chi connectivity index (χ1) is 14.7. The van der Waals surface area contributed by atoms with E-state index >= 15 is 0 Å². The lowest BCUT2D eigenvalue weighted by Gasteiger charge is -2.20. The molecule has 0 heterocycles. The molecule has 0 aromatic heterocycles. The van der Waals surface area contributed by atoms with Crippen LogP contribution in [0.25, 0.3) is 0 Å². The Bertz CT molecular complexity index is 909. The second-order valence-corrected chi connectivity index (χ2v) is 10.2. The third-order valence-corrected chi connectivity index (χ3v) is 7.35. The molecule has 1 unspecified atom stereocenters. The molecule has 0 spiro atoms. The zero-order chi connectivity index (χ0) is 23.0. The molecule has 1 atom stereocenters. The summed E-state index contributed by atoms with van der Waals surface area (Å²) in [5.41, 5.74) is 2.39. The van der Waals surface area contributed by atoms with Crippen LogP contribution in [0, 0.1) is 12.8 Å². The molecule has 0 bridgehead atoms. The zero-order valence-corrected chi connectivity index (χ0v) is 20.3. The molecular weight excluding hydrogens is 434 g/mol. The van der Waals surface area contributed by atoms with Crippen molar-refractivity contribution in [3.8, 4) is 0 Å². The summed E-state index contributed by atoms with van der Waals surface area (Å²) < 4.78 is 28.2. The lowest BCUT2D eigenvalue weighted by atomic mass is 9.97. The second kappa shape index (κ2) is 11.7. The van der Waals surface area contributed by atoms with Gasteiger partial charge in [-0.25, -0.2) is 8.78 Å². The van der Waals surface area contributed by atoms with Gasteiger partial charge in [-0.2, -0.15) is 0 Å². The lowest BCUT2D eigenvalue weighted by molar-refractivity contribution is 0.0942. The molecule has 0 radical (unpaired) electrons. The molecule has 168 valence electrons. The maximum Gasteiger partial charge on any atom is 0.283 e. The second-order valence-electron chi connectivity index (χ2n) is 7.51. The summed E-state index contributed by atoms with van der Waals surface area (Å²) in [6, 6.07) is 13.1. The Kier molecular flexibility index (Phi) is 9.56. The summed E-state index contributed by atoms with van der Waals surface area (Å²) in [6.45, 7) is 8.78. The summed E-state index contributed by atoms with van der Waals surface area (Å²) in [7, 11) is 3.51. The van der Waals surface area contributed by atoms with Crippen molar-refractivity contribution in [2.45, 2.75) is 58.4 Å². The quantitative estimate of drug-likeness (QED) is 0.293. The van der Waals surface area contributed by atoms with Gasteiger partial charge in [0.05, 0.1) is 11.4 Å². The van der Waals surface area contributed by atoms with E-state index in [4.69, 9.17) is 0 Å². The lowest BCUT2D eigenvalue weighted by Crippen LogP contribution is -2.30. The number of carbonyl (C=O) groups excluding carboxylic acids is 1. The van der Waals surface area contributed by atoms with E-state index in [0.717, 1.165) is 23.8 Å². The van der Waals surface area contributed by atoms with Gasteiger partial charge in [0, 0.05) is 35.6 Å². The first kappa shape index (κ1) is 25.4. The summed E-state index contributed by atoms with van der Waals surface area (Å²) >= 11 is 0. The molecule has 2 rings (SSSR count). The molecule has 1 amide bonds. The van der Waals surface area contributed by atoms with Gasteiger partial charge in [-0.3, -0.25) is 9.79 Å². The number of nitrogens with zero attached hydrogens (tertiary/aromatic N) is 1. The smallest absolute Gasteiger partial charge is 0.283 e. The van der Waals surface area contributed by atoms with Crippen LogP contribution >= 0.6 is 21.6 Å². The van der Waals surface area contributed by atoms with Gasteiger partial charge in [-0.1, -0.05) is 60.6 Å². The van der Waals surface area contributed by atoms with Gasteiger partial charge in [0.25, 0.3) is 11.8 Å². The number of hydrogen-bond acceptors (Lipinski definition) is 4. The molecule has 3 nitrogen and oxygen atoms in total. The number of nitrogens with one attached hydrogen (secondary N) is 1. The highest BCUT2D eigenvalue weighted by Gasteiger charge is 2.33. The van der Waals surface area contributed by atoms with Crippen molar-refractivity contribution < 1.29 is 13.6 Å². The zero-order valence-electron chi connectivity index (χ0n) is 18.7. The molecular formula is C24H30F2N2OS2. The highest BCUT2D eigenvalue weighted by molar-refractivity contribution is 8.76. The minimum Gasteiger partial charge on any atom is -0.348 e. The van der Waals surface area contributed by atoms with Gasteiger partial charge in [0.1, 0.15) is 0 Å². The SMILES string of the molecule is CCSSc1ccc(CNC(=O)c2ccc(C)c(/N=C(\C(C)CC)C(C)(F)F)c2)cc1. The maximum absolute atomic E-state index is 14.1. The van der Waals surface area contributed by atoms with Crippen LogP contribution in [0.3, 0.4) is 0 Å². The molecule has 0 aliphatic carbocycles. The van der Waals surface area contributed by atoms with Gasteiger partial charge in [0.2, 0.25) is 0 Å². The van der Waals surface area contributed by atoms with Crippen LogP contribution in [0.1, 0.15) is 55.6 Å². The number of carbonyl (C=O) groups is 1. The van der Waals surface area contributed by atoms with E-state index in [2.05, 4.69) is 17.2 Å².